The van der Waals surface area contributed by atoms with E-state index in [9.17, 15) is 4.79 Å². The minimum Gasteiger partial charge on any atom is -0.480 e. The number of aliphatic carboxylic acids is 1. The van der Waals surface area contributed by atoms with Crippen LogP contribution in [0.2, 0.25) is 0 Å². The summed E-state index contributed by atoms with van der Waals surface area (Å²) in [6.45, 7) is 0.709. The number of rotatable bonds is 2. The van der Waals surface area contributed by atoms with Crippen LogP contribution >= 0.6 is 0 Å². The average molecular weight is 198 g/mol. The topological polar surface area (TPSA) is 49.3 Å². The van der Waals surface area contributed by atoms with Crippen LogP contribution in [0.4, 0.5) is 0 Å². The summed E-state index contributed by atoms with van der Waals surface area (Å²) in [5.74, 6) is -0.883. The summed E-state index contributed by atoms with van der Waals surface area (Å²) in [6, 6.07) is -0.417. The second kappa shape index (κ2) is 4.30. The molecular weight excluding hydrogens is 178 g/mol. The lowest BCUT2D eigenvalue weighted by molar-refractivity contribution is -0.139. The first-order valence-electron chi connectivity index (χ1n) is 6.08. The molecule has 2 N–H and O–H groups in total. The number of hydrogen-bond acceptors (Lipinski definition) is 2. The van der Waals surface area contributed by atoms with E-state index in [1.165, 1.54) is 6.42 Å². The highest BCUT2D eigenvalue weighted by Crippen LogP contribution is 2.34. The largest absolute Gasteiger partial charge is 0.480 e. The first-order valence-corrected chi connectivity index (χ1v) is 5.58. The maximum Gasteiger partial charge on any atom is 0.320 e. The van der Waals surface area contributed by atoms with E-state index < -0.39 is 12.0 Å². The minimum atomic E-state index is -0.767. The normalized spacial score (nSPS) is 37.9. The van der Waals surface area contributed by atoms with Crippen molar-refractivity contribution in [2.24, 2.45) is 11.8 Å². The van der Waals surface area contributed by atoms with E-state index in [0.29, 0.717) is 13.0 Å². The van der Waals surface area contributed by atoms with Crippen molar-refractivity contribution in [3.8, 4) is 0 Å². The van der Waals surface area contributed by atoms with Crippen LogP contribution in [-0.4, -0.2) is 23.7 Å². The molecule has 14 heavy (non-hydrogen) atoms. The fraction of sp³-hybridized carbons (Fsp3) is 0.909. The van der Waals surface area contributed by atoms with E-state index in [1.807, 2.05) is 0 Å². The SMILES string of the molecule is [2H]C1([C@H]2CN[C@H](C(=O)O)C2)CCCCC1. The van der Waals surface area contributed by atoms with Gasteiger partial charge >= 0.3 is 5.97 Å². The van der Waals surface area contributed by atoms with Crippen molar-refractivity contribution in [2.45, 2.75) is 44.6 Å². The predicted octanol–water partition coefficient (Wildman–Crippen LogP) is 1.63. The van der Waals surface area contributed by atoms with Crippen molar-refractivity contribution >= 4 is 5.97 Å². The van der Waals surface area contributed by atoms with Gasteiger partial charge in [0.1, 0.15) is 6.04 Å². The zero-order valence-corrected chi connectivity index (χ0v) is 8.46. The fourth-order valence-electron chi connectivity index (χ4n) is 2.65. The first kappa shape index (κ1) is 8.72. The highest BCUT2D eigenvalue weighted by Gasteiger charge is 2.34. The third-order valence-electron chi connectivity index (χ3n) is 3.50. The van der Waals surface area contributed by atoms with E-state index in [2.05, 4.69) is 5.32 Å². The Morgan fingerprint density at radius 2 is 2.07 bits per heavy atom. The van der Waals surface area contributed by atoms with Crippen LogP contribution < -0.4 is 5.32 Å². The molecule has 0 radical (unpaired) electrons. The molecule has 3 heteroatoms. The van der Waals surface area contributed by atoms with Crippen molar-refractivity contribution in [3.63, 3.8) is 0 Å². The Morgan fingerprint density at radius 3 is 2.64 bits per heavy atom. The van der Waals surface area contributed by atoms with Gasteiger partial charge in [-0.1, -0.05) is 32.1 Å². The van der Waals surface area contributed by atoms with Crippen LogP contribution in [0.1, 0.15) is 39.9 Å². The summed E-state index contributed by atoms with van der Waals surface area (Å²) in [4.78, 5) is 10.8. The Kier molecular flexibility index (Phi) is 2.68. The van der Waals surface area contributed by atoms with Gasteiger partial charge in [-0.2, -0.15) is 0 Å². The Labute approximate surface area is 86.3 Å². The lowest BCUT2D eigenvalue weighted by Crippen LogP contribution is -2.29. The zero-order valence-electron chi connectivity index (χ0n) is 9.46. The van der Waals surface area contributed by atoms with Crippen LogP contribution in [0.5, 0.6) is 0 Å². The maximum absolute atomic E-state index is 10.8. The lowest BCUT2D eigenvalue weighted by Gasteiger charge is -2.26. The van der Waals surface area contributed by atoms with Gasteiger partial charge in [-0.15, -0.1) is 0 Å². The molecule has 2 aliphatic rings. The summed E-state index contributed by atoms with van der Waals surface area (Å²) in [5, 5.41) is 11.9. The van der Waals surface area contributed by atoms with Gasteiger partial charge in [-0.3, -0.25) is 4.79 Å². The van der Waals surface area contributed by atoms with E-state index in [0.717, 1.165) is 25.7 Å². The van der Waals surface area contributed by atoms with Crippen molar-refractivity contribution in [3.05, 3.63) is 0 Å². The summed E-state index contributed by atoms with van der Waals surface area (Å²) in [6.07, 6.45) is 6.05. The quantitative estimate of drug-likeness (QED) is 0.709. The standard InChI is InChI=1S/C11H19NO2/c13-11(14)10-6-9(7-12-10)8-4-2-1-3-5-8/h8-10,12H,1-7H2,(H,13,14)/t9-,10+/m1/s1/i8D. The number of hydrogen-bond donors (Lipinski definition) is 2. The van der Waals surface area contributed by atoms with Crippen molar-refractivity contribution in [1.29, 1.82) is 0 Å². The number of carboxylic acids is 1. The predicted molar refractivity (Wildman–Crippen MR) is 54.1 cm³/mol. The summed E-state index contributed by atoms with van der Waals surface area (Å²) >= 11 is 0. The van der Waals surface area contributed by atoms with Crippen molar-refractivity contribution in [1.82, 2.24) is 5.32 Å². The van der Waals surface area contributed by atoms with Gasteiger partial charge in [0.15, 0.2) is 0 Å². The van der Waals surface area contributed by atoms with E-state index in [4.69, 9.17) is 6.48 Å². The van der Waals surface area contributed by atoms with Crippen LogP contribution in [0.15, 0.2) is 0 Å². The van der Waals surface area contributed by atoms with E-state index >= 15 is 0 Å². The van der Waals surface area contributed by atoms with Crippen molar-refractivity contribution < 1.29 is 11.3 Å². The maximum atomic E-state index is 10.8. The Hall–Kier alpha value is -0.570. The molecule has 1 aliphatic heterocycles. The molecule has 0 aromatic heterocycles. The smallest absolute Gasteiger partial charge is 0.320 e. The molecule has 1 heterocycles. The Bertz CT molecular complexity index is 251. The molecular formula is C11H19NO2. The molecule has 2 rings (SSSR count). The molecule has 0 unspecified atom stereocenters. The van der Waals surface area contributed by atoms with Crippen LogP contribution in [0.25, 0.3) is 0 Å². The molecule has 0 aromatic rings. The number of nitrogens with one attached hydrogen (secondary N) is 1. The van der Waals surface area contributed by atoms with Crippen LogP contribution in [0.3, 0.4) is 0 Å². The van der Waals surface area contributed by atoms with Gasteiger partial charge in [0.05, 0.1) is 0 Å². The summed E-state index contributed by atoms with van der Waals surface area (Å²) in [7, 11) is 0. The molecule has 2 fully saturated rings. The zero-order chi connectivity index (χ0) is 10.9. The Morgan fingerprint density at radius 1 is 1.36 bits per heavy atom. The van der Waals surface area contributed by atoms with Gasteiger partial charge < -0.3 is 10.4 Å². The third kappa shape index (κ3) is 2.08. The van der Waals surface area contributed by atoms with Crippen molar-refractivity contribution in [2.75, 3.05) is 6.54 Å². The van der Waals surface area contributed by atoms with Gasteiger partial charge in [-0.25, -0.2) is 0 Å². The molecule has 80 valence electrons. The highest BCUT2D eigenvalue weighted by molar-refractivity contribution is 5.73. The average Bonchev–Trinajstić information content (AvgIpc) is 2.68. The molecule has 0 amide bonds. The monoisotopic (exact) mass is 198 g/mol. The van der Waals surface area contributed by atoms with Gasteiger partial charge in [-0.05, 0) is 24.8 Å². The Balaban J connectivity index is 1.97. The summed E-state index contributed by atoms with van der Waals surface area (Å²) < 4.78 is 8.42. The molecule has 0 spiro atoms. The molecule has 1 aliphatic carbocycles. The number of carboxylic acid groups (broad SMARTS) is 1. The third-order valence-corrected chi connectivity index (χ3v) is 3.50. The second-order valence-corrected chi connectivity index (χ2v) is 4.45. The van der Waals surface area contributed by atoms with E-state index in [1.54, 1.807) is 0 Å². The molecule has 2 atom stereocenters. The molecule has 0 aromatic carbocycles. The van der Waals surface area contributed by atoms with Gasteiger partial charge in [0, 0.05) is 1.37 Å². The summed E-state index contributed by atoms with van der Waals surface area (Å²) in [5.41, 5.74) is 0. The fourth-order valence-corrected chi connectivity index (χ4v) is 2.65. The molecule has 0 bridgehead atoms. The first-order chi connectivity index (χ1) is 7.12. The lowest BCUT2D eigenvalue weighted by atomic mass is 9.79. The van der Waals surface area contributed by atoms with E-state index in [-0.39, 0.29) is 11.8 Å². The van der Waals surface area contributed by atoms with Crippen LogP contribution in [0, 0.1) is 11.8 Å². The van der Waals surface area contributed by atoms with Gasteiger partial charge in [0.2, 0.25) is 0 Å². The molecule has 3 nitrogen and oxygen atoms in total. The number of carbonyl (C=O) groups is 1. The molecule has 1 saturated heterocycles. The molecule has 1 saturated carbocycles. The minimum absolute atomic E-state index is 0.235. The highest BCUT2D eigenvalue weighted by atomic mass is 16.4. The van der Waals surface area contributed by atoms with Crippen LogP contribution in [-0.2, 0) is 4.79 Å². The van der Waals surface area contributed by atoms with Gasteiger partial charge in [0.25, 0.3) is 0 Å². The second-order valence-electron chi connectivity index (χ2n) is 4.45.